The van der Waals surface area contributed by atoms with Crippen molar-refractivity contribution < 1.29 is 9.47 Å². The molecular weight excluding hydrogens is 252 g/mol. The van der Waals surface area contributed by atoms with E-state index in [9.17, 15) is 0 Å². The molecule has 20 heavy (non-hydrogen) atoms. The SMILES string of the molecule is CCOc1ccc(Oc2ccc(C(N)CC)nc2)cc1. The molecule has 4 nitrogen and oxygen atoms in total. The van der Waals surface area contributed by atoms with E-state index in [1.54, 1.807) is 6.20 Å². The molecule has 0 spiro atoms. The number of benzene rings is 1. The minimum Gasteiger partial charge on any atom is -0.494 e. The van der Waals surface area contributed by atoms with Crippen molar-refractivity contribution in [3.63, 3.8) is 0 Å². The fraction of sp³-hybridized carbons (Fsp3) is 0.312. The van der Waals surface area contributed by atoms with Crippen LogP contribution in [0.25, 0.3) is 0 Å². The highest BCUT2D eigenvalue weighted by molar-refractivity contribution is 5.35. The van der Waals surface area contributed by atoms with E-state index in [0.29, 0.717) is 12.4 Å². The van der Waals surface area contributed by atoms with Crippen LogP contribution in [0.2, 0.25) is 0 Å². The average molecular weight is 272 g/mol. The second-order valence-electron chi connectivity index (χ2n) is 4.44. The summed E-state index contributed by atoms with van der Waals surface area (Å²) in [5, 5.41) is 0. The maximum absolute atomic E-state index is 5.92. The summed E-state index contributed by atoms with van der Waals surface area (Å²) >= 11 is 0. The van der Waals surface area contributed by atoms with Crippen LogP contribution < -0.4 is 15.2 Å². The van der Waals surface area contributed by atoms with Gasteiger partial charge in [-0.3, -0.25) is 4.98 Å². The first-order valence-electron chi connectivity index (χ1n) is 6.85. The van der Waals surface area contributed by atoms with Crippen LogP contribution in [0.3, 0.4) is 0 Å². The van der Waals surface area contributed by atoms with Crippen molar-refractivity contribution in [1.29, 1.82) is 0 Å². The minimum absolute atomic E-state index is 0.0190. The van der Waals surface area contributed by atoms with Crippen molar-refractivity contribution in [2.45, 2.75) is 26.3 Å². The molecule has 0 fully saturated rings. The molecule has 1 unspecified atom stereocenters. The molecule has 0 aliphatic heterocycles. The van der Waals surface area contributed by atoms with E-state index in [2.05, 4.69) is 4.98 Å². The molecule has 1 aromatic heterocycles. The molecule has 1 aromatic carbocycles. The number of ether oxygens (including phenoxy) is 2. The number of nitrogens with zero attached hydrogens (tertiary/aromatic N) is 1. The summed E-state index contributed by atoms with van der Waals surface area (Å²) in [6, 6.07) is 11.3. The summed E-state index contributed by atoms with van der Waals surface area (Å²) in [6.07, 6.45) is 2.56. The van der Waals surface area contributed by atoms with Gasteiger partial charge < -0.3 is 15.2 Å². The van der Waals surface area contributed by atoms with Crippen molar-refractivity contribution in [1.82, 2.24) is 4.98 Å². The van der Waals surface area contributed by atoms with Crippen LogP contribution in [0, 0.1) is 0 Å². The largest absolute Gasteiger partial charge is 0.494 e. The molecular formula is C16H20N2O2. The van der Waals surface area contributed by atoms with Gasteiger partial charge in [-0.25, -0.2) is 0 Å². The van der Waals surface area contributed by atoms with Crippen LogP contribution in [0.4, 0.5) is 0 Å². The van der Waals surface area contributed by atoms with Crippen LogP contribution in [0.1, 0.15) is 32.0 Å². The topological polar surface area (TPSA) is 57.4 Å². The molecule has 4 heteroatoms. The zero-order chi connectivity index (χ0) is 14.4. The Morgan fingerprint density at radius 2 is 1.65 bits per heavy atom. The number of aromatic nitrogens is 1. The van der Waals surface area contributed by atoms with E-state index < -0.39 is 0 Å². The molecule has 1 atom stereocenters. The first-order valence-corrected chi connectivity index (χ1v) is 6.85. The van der Waals surface area contributed by atoms with E-state index in [1.807, 2.05) is 50.2 Å². The van der Waals surface area contributed by atoms with E-state index in [4.69, 9.17) is 15.2 Å². The summed E-state index contributed by atoms with van der Waals surface area (Å²) < 4.78 is 11.1. The normalized spacial score (nSPS) is 11.9. The van der Waals surface area contributed by atoms with E-state index >= 15 is 0 Å². The van der Waals surface area contributed by atoms with Gasteiger partial charge in [-0.1, -0.05) is 6.92 Å². The molecule has 106 valence electrons. The van der Waals surface area contributed by atoms with Crippen molar-refractivity contribution in [2.75, 3.05) is 6.61 Å². The summed E-state index contributed by atoms with van der Waals surface area (Å²) in [5.74, 6) is 2.28. The molecule has 0 radical (unpaired) electrons. The highest BCUT2D eigenvalue weighted by Gasteiger charge is 2.05. The zero-order valence-electron chi connectivity index (χ0n) is 11.9. The van der Waals surface area contributed by atoms with Gasteiger partial charge in [-0.2, -0.15) is 0 Å². The lowest BCUT2D eigenvalue weighted by Gasteiger charge is -2.10. The van der Waals surface area contributed by atoms with Gasteiger partial charge in [0.1, 0.15) is 17.2 Å². The first-order chi connectivity index (χ1) is 9.72. The van der Waals surface area contributed by atoms with Gasteiger partial charge in [0.05, 0.1) is 18.5 Å². The predicted molar refractivity (Wildman–Crippen MR) is 79.1 cm³/mol. The third kappa shape index (κ3) is 3.71. The molecule has 2 aromatic rings. The fourth-order valence-electron chi connectivity index (χ4n) is 1.79. The highest BCUT2D eigenvalue weighted by Crippen LogP contribution is 2.24. The average Bonchev–Trinajstić information content (AvgIpc) is 2.49. The van der Waals surface area contributed by atoms with Crippen molar-refractivity contribution in [3.8, 4) is 17.2 Å². The third-order valence-corrected chi connectivity index (χ3v) is 2.95. The summed E-state index contributed by atoms with van der Waals surface area (Å²) in [6.45, 7) is 4.65. The lowest BCUT2D eigenvalue weighted by atomic mass is 10.1. The molecule has 0 saturated carbocycles. The van der Waals surface area contributed by atoms with Gasteiger partial charge in [-0.15, -0.1) is 0 Å². The lowest BCUT2D eigenvalue weighted by molar-refractivity contribution is 0.339. The Morgan fingerprint density at radius 3 is 2.20 bits per heavy atom. The van der Waals surface area contributed by atoms with Gasteiger partial charge in [-0.05, 0) is 49.7 Å². The van der Waals surface area contributed by atoms with E-state index in [-0.39, 0.29) is 6.04 Å². The highest BCUT2D eigenvalue weighted by atomic mass is 16.5. The van der Waals surface area contributed by atoms with Gasteiger partial charge in [0, 0.05) is 6.04 Å². The number of hydrogen-bond acceptors (Lipinski definition) is 4. The van der Waals surface area contributed by atoms with E-state index in [1.165, 1.54) is 0 Å². The molecule has 0 saturated heterocycles. The van der Waals surface area contributed by atoms with Crippen LogP contribution in [0.15, 0.2) is 42.6 Å². The van der Waals surface area contributed by atoms with Crippen LogP contribution >= 0.6 is 0 Å². The summed E-state index contributed by atoms with van der Waals surface area (Å²) in [5.41, 5.74) is 6.81. The van der Waals surface area contributed by atoms with Gasteiger partial charge in [0.2, 0.25) is 0 Å². The zero-order valence-corrected chi connectivity index (χ0v) is 11.9. The van der Waals surface area contributed by atoms with Crippen molar-refractivity contribution in [3.05, 3.63) is 48.3 Å². The number of hydrogen-bond donors (Lipinski definition) is 1. The second-order valence-corrected chi connectivity index (χ2v) is 4.44. The molecule has 2 rings (SSSR count). The molecule has 0 amide bonds. The summed E-state index contributed by atoms with van der Waals surface area (Å²) in [7, 11) is 0. The minimum atomic E-state index is -0.0190. The van der Waals surface area contributed by atoms with Crippen LogP contribution in [-0.2, 0) is 0 Å². The Morgan fingerprint density at radius 1 is 1.00 bits per heavy atom. The summed E-state index contributed by atoms with van der Waals surface area (Å²) in [4.78, 5) is 4.32. The standard InChI is InChI=1S/C16H20N2O2/c1-3-15(17)16-10-9-14(11-18-16)20-13-7-5-12(6-8-13)19-4-2/h5-11,15H,3-4,17H2,1-2H3. The maximum Gasteiger partial charge on any atom is 0.145 e. The monoisotopic (exact) mass is 272 g/mol. The molecule has 0 aliphatic carbocycles. The Kier molecular flexibility index (Phi) is 4.96. The smallest absolute Gasteiger partial charge is 0.145 e. The molecule has 2 N–H and O–H groups in total. The van der Waals surface area contributed by atoms with E-state index in [0.717, 1.165) is 23.6 Å². The molecule has 0 bridgehead atoms. The van der Waals surface area contributed by atoms with Crippen LogP contribution in [-0.4, -0.2) is 11.6 Å². The Balaban J connectivity index is 2.02. The maximum atomic E-state index is 5.92. The Bertz CT molecular complexity index is 523. The Labute approximate surface area is 119 Å². The van der Waals surface area contributed by atoms with Crippen molar-refractivity contribution >= 4 is 0 Å². The second kappa shape index (κ2) is 6.91. The molecule has 1 heterocycles. The Hall–Kier alpha value is -2.07. The number of pyridine rings is 1. The quantitative estimate of drug-likeness (QED) is 0.871. The van der Waals surface area contributed by atoms with Crippen LogP contribution in [0.5, 0.6) is 17.2 Å². The van der Waals surface area contributed by atoms with Crippen molar-refractivity contribution in [2.24, 2.45) is 5.73 Å². The number of nitrogens with two attached hydrogens (primary N) is 1. The van der Waals surface area contributed by atoms with Gasteiger partial charge in [0.25, 0.3) is 0 Å². The molecule has 0 aliphatic rings. The van der Waals surface area contributed by atoms with Gasteiger partial charge >= 0.3 is 0 Å². The number of rotatable bonds is 6. The lowest BCUT2D eigenvalue weighted by Crippen LogP contribution is -2.10. The first kappa shape index (κ1) is 14.3. The third-order valence-electron chi connectivity index (χ3n) is 2.95. The predicted octanol–water partition coefficient (Wildman–Crippen LogP) is 3.68. The van der Waals surface area contributed by atoms with Gasteiger partial charge in [0.15, 0.2) is 0 Å². The fourth-order valence-corrected chi connectivity index (χ4v) is 1.79.